The summed E-state index contributed by atoms with van der Waals surface area (Å²) < 4.78 is 5.92. The molecule has 5 nitrogen and oxygen atoms in total. The Morgan fingerprint density at radius 2 is 2.12 bits per heavy atom. The van der Waals surface area contributed by atoms with E-state index in [4.69, 9.17) is 4.74 Å². The van der Waals surface area contributed by atoms with Crippen LogP contribution in [0.5, 0.6) is 0 Å². The number of nitrogens with one attached hydrogen (secondary N) is 2. The van der Waals surface area contributed by atoms with Gasteiger partial charge in [-0.1, -0.05) is 6.42 Å². The first kappa shape index (κ1) is 20.6. The SMILES string of the molecule is CCNC(=NCC1(O)CCSC1)NC1CC(OCC)C12CCC2.I. The number of nitrogens with zero attached hydrogens (tertiary/aromatic N) is 1. The normalized spacial score (nSPS) is 34.2. The van der Waals surface area contributed by atoms with Gasteiger partial charge in [-0.15, -0.1) is 24.0 Å². The number of aliphatic hydroxyl groups is 1. The van der Waals surface area contributed by atoms with E-state index in [1.807, 2.05) is 11.8 Å². The number of hydrogen-bond acceptors (Lipinski definition) is 4. The highest BCUT2D eigenvalue weighted by Crippen LogP contribution is 2.57. The lowest BCUT2D eigenvalue weighted by Gasteiger charge is -2.61. The van der Waals surface area contributed by atoms with Crippen molar-refractivity contribution in [3.8, 4) is 0 Å². The molecule has 0 amide bonds. The van der Waals surface area contributed by atoms with Crippen molar-refractivity contribution in [2.24, 2.45) is 10.4 Å². The van der Waals surface area contributed by atoms with Gasteiger partial charge in [0.25, 0.3) is 0 Å². The van der Waals surface area contributed by atoms with Crippen LogP contribution in [0.2, 0.25) is 0 Å². The zero-order chi connectivity index (χ0) is 16.3. The van der Waals surface area contributed by atoms with Gasteiger partial charge in [0, 0.05) is 30.4 Å². The summed E-state index contributed by atoms with van der Waals surface area (Å²) in [7, 11) is 0. The second kappa shape index (κ2) is 8.77. The molecule has 3 unspecified atom stereocenters. The standard InChI is InChI=1S/C17H31N3O2S.HI/c1-3-18-15(19-11-16(21)8-9-23-12-16)20-13-10-14(22-4-2)17(13)6-5-7-17;/h13-14,21H,3-12H2,1-2H3,(H2,18,19,20);1H. The second-order valence-corrected chi connectivity index (χ2v) is 8.29. The highest BCUT2D eigenvalue weighted by molar-refractivity contribution is 14.0. The number of aliphatic imine (C=N–C) groups is 1. The molecular weight excluding hydrogens is 437 g/mol. The second-order valence-electron chi connectivity index (χ2n) is 7.19. The number of thioether (sulfide) groups is 1. The molecule has 0 aromatic rings. The van der Waals surface area contributed by atoms with Crippen LogP contribution in [-0.2, 0) is 4.74 Å². The molecule has 2 aliphatic carbocycles. The number of guanidine groups is 1. The molecule has 3 rings (SSSR count). The smallest absolute Gasteiger partial charge is 0.191 e. The summed E-state index contributed by atoms with van der Waals surface area (Å²) in [6, 6.07) is 0.457. The summed E-state index contributed by atoms with van der Waals surface area (Å²) in [6.07, 6.45) is 6.16. The maximum atomic E-state index is 10.5. The maximum absolute atomic E-state index is 10.5. The Morgan fingerprint density at radius 1 is 1.33 bits per heavy atom. The third-order valence-corrected chi connectivity index (χ3v) is 6.94. The van der Waals surface area contributed by atoms with E-state index in [1.165, 1.54) is 19.3 Å². The van der Waals surface area contributed by atoms with Crippen molar-refractivity contribution >= 4 is 41.7 Å². The van der Waals surface area contributed by atoms with E-state index in [-0.39, 0.29) is 24.0 Å². The first-order valence-corrected chi connectivity index (χ1v) is 10.2. The topological polar surface area (TPSA) is 65.9 Å². The minimum absolute atomic E-state index is 0. The van der Waals surface area contributed by atoms with Crippen LogP contribution in [0.3, 0.4) is 0 Å². The zero-order valence-corrected chi connectivity index (χ0v) is 18.0. The van der Waals surface area contributed by atoms with E-state index in [0.717, 1.165) is 43.5 Å². The lowest BCUT2D eigenvalue weighted by atomic mass is 9.51. The molecule has 3 fully saturated rings. The number of ether oxygens (including phenoxy) is 1. The molecule has 140 valence electrons. The van der Waals surface area contributed by atoms with Crippen LogP contribution in [0, 0.1) is 5.41 Å². The molecule has 1 heterocycles. The van der Waals surface area contributed by atoms with Crippen molar-refractivity contribution in [3.63, 3.8) is 0 Å². The first-order chi connectivity index (χ1) is 11.1. The van der Waals surface area contributed by atoms with Gasteiger partial charge >= 0.3 is 0 Å². The maximum Gasteiger partial charge on any atom is 0.191 e. The summed E-state index contributed by atoms with van der Waals surface area (Å²) in [5, 5.41) is 17.4. The van der Waals surface area contributed by atoms with E-state index in [2.05, 4.69) is 29.5 Å². The van der Waals surface area contributed by atoms with Crippen molar-refractivity contribution in [1.29, 1.82) is 0 Å². The highest BCUT2D eigenvalue weighted by atomic mass is 127. The van der Waals surface area contributed by atoms with Crippen LogP contribution in [0.4, 0.5) is 0 Å². The van der Waals surface area contributed by atoms with E-state index in [9.17, 15) is 5.11 Å². The highest BCUT2D eigenvalue weighted by Gasteiger charge is 2.59. The molecule has 2 saturated carbocycles. The number of rotatable bonds is 6. The molecule has 0 radical (unpaired) electrons. The quantitative estimate of drug-likeness (QED) is 0.317. The van der Waals surface area contributed by atoms with Crippen LogP contribution in [0.15, 0.2) is 4.99 Å². The summed E-state index contributed by atoms with van der Waals surface area (Å²) in [5.74, 6) is 2.69. The van der Waals surface area contributed by atoms with Crippen LogP contribution in [-0.4, -0.2) is 60.0 Å². The van der Waals surface area contributed by atoms with E-state index >= 15 is 0 Å². The van der Waals surface area contributed by atoms with Crippen LogP contribution in [0.25, 0.3) is 0 Å². The van der Waals surface area contributed by atoms with Crippen LogP contribution < -0.4 is 10.6 Å². The third-order valence-electron chi connectivity index (χ3n) is 5.71. The Kier molecular flexibility index (Phi) is 7.52. The molecule has 7 heteroatoms. The Morgan fingerprint density at radius 3 is 2.67 bits per heavy atom. The molecule has 1 aliphatic heterocycles. The first-order valence-electron chi connectivity index (χ1n) is 9.08. The fraction of sp³-hybridized carbons (Fsp3) is 0.941. The average molecular weight is 469 g/mol. The Balaban J connectivity index is 0.00000208. The lowest BCUT2D eigenvalue weighted by Crippen LogP contribution is -2.68. The van der Waals surface area contributed by atoms with Crippen molar-refractivity contribution in [2.75, 3.05) is 31.2 Å². The predicted octanol–water partition coefficient (Wildman–Crippen LogP) is 2.38. The van der Waals surface area contributed by atoms with Crippen molar-refractivity contribution in [3.05, 3.63) is 0 Å². The molecule has 1 spiro atoms. The van der Waals surface area contributed by atoms with Gasteiger partial charge in [0.2, 0.25) is 0 Å². The minimum Gasteiger partial charge on any atom is -0.387 e. The molecule has 3 atom stereocenters. The molecule has 1 saturated heterocycles. The molecule has 0 aromatic heterocycles. The van der Waals surface area contributed by atoms with Crippen LogP contribution in [0.1, 0.15) is 46.0 Å². The third kappa shape index (κ3) is 4.15. The molecule has 0 bridgehead atoms. The van der Waals surface area contributed by atoms with Gasteiger partial charge in [-0.3, -0.25) is 4.99 Å². The van der Waals surface area contributed by atoms with Gasteiger partial charge in [0.1, 0.15) is 0 Å². The Hall–Kier alpha value is 0.270. The molecular formula is C17H32IN3O2S. The largest absolute Gasteiger partial charge is 0.387 e. The van der Waals surface area contributed by atoms with E-state index in [1.54, 1.807) is 0 Å². The lowest BCUT2D eigenvalue weighted by molar-refractivity contribution is -0.168. The molecule has 24 heavy (non-hydrogen) atoms. The van der Waals surface area contributed by atoms with Gasteiger partial charge in [0.05, 0.1) is 18.2 Å². The monoisotopic (exact) mass is 469 g/mol. The van der Waals surface area contributed by atoms with E-state index in [0.29, 0.717) is 24.1 Å². The van der Waals surface area contributed by atoms with Crippen molar-refractivity contribution < 1.29 is 9.84 Å². The van der Waals surface area contributed by atoms with Gasteiger partial charge in [0.15, 0.2) is 5.96 Å². The minimum atomic E-state index is -0.616. The fourth-order valence-corrected chi connectivity index (χ4v) is 5.36. The summed E-state index contributed by atoms with van der Waals surface area (Å²) in [4.78, 5) is 4.67. The summed E-state index contributed by atoms with van der Waals surface area (Å²) in [5.41, 5.74) is -0.291. The fourth-order valence-electron chi connectivity index (χ4n) is 4.07. The predicted molar refractivity (Wildman–Crippen MR) is 112 cm³/mol. The van der Waals surface area contributed by atoms with Gasteiger partial charge in [-0.25, -0.2) is 0 Å². The van der Waals surface area contributed by atoms with Gasteiger partial charge in [-0.05, 0) is 45.3 Å². The number of halogens is 1. The summed E-state index contributed by atoms with van der Waals surface area (Å²) >= 11 is 1.82. The van der Waals surface area contributed by atoms with Gasteiger partial charge < -0.3 is 20.5 Å². The molecule has 0 aromatic carbocycles. The van der Waals surface area contributed by atoms with Crippen molar-refractivity contribution in [2.45, 2.75) is 63.7 Å². The van der Waals surface area contributed by atoms with Crippen molar-refractivity contribution in [1.82, 2.24) is 10.6 Å². The van der Waals surface area contributed by atoms with Crippen LogP contribution >= 0.6 is 35.7 Å². The van der Waals surface area contributed by atoms with E-state index < -0.39 is 5.60 Å². The summed E-state index contributed by atoms with van der Waals surface area (Å²) in [6.45, 7) is 6.30. The average Bonchev–Trinajstić information content (AvgIpc) is 2.89. The molecule has 3 aliphatic rings. The Bertz CT molecular complexity index is 440. The Labute approximate surface area is 167 Å². The number of hydrogen-bond donors (Lipinski definition) is 3. The zero-order valence-electron chi connectivity index (χ0n) is 14.8. The molecule has 3 N–H and O–H groups in total. The van der Waals surface area contributed by atoms with Gasteiger partial charge in [-0.2, -0.15) is 11.8 Å².